The van der Waals surface area contributed by atoms with Crippen LogP contribution >= 0.6 is 0 Å². The molecule has 26 heavy (non-hydrogen) atoms. The van der Waals surface area contributed by atoms with Crippen LogP contribution in [-0.4, -0.2) is 63.4 Å². The molecular formula is C20H27N5O. The summed E-state index contributed by atoms with van der Waals surface area (Å²) in [5.74, 6) is 0.534. The maximum atomic E-state index is 12.5. The van der Waals surface area contributed by atoms with E-state index in [1.165, 1.54) is 0 Å². The van der Waals surface area contributed by atoms with Gasteiger partial charge in [-0.1, -0.05) is 0 Å². The minimum Gasteiger partial charge on any atom is -0.342 e. The summed E-state index contributed by atoms with van der Waals surface area (Å²) in [7, 11) is 0. The van der Waals surface area contributed by atoms with Gasteiger partial charge in [-0.05, 0) is 50.9 Å². The maximum absolute atomic E-state index is 12.5. The minimum atomic E-state index is 0.215. The van der Waals surface area contributed by atoms with E-state index in [0.717, 1.165) is 55.8 Å². The molecule has 0 aliphatic carbocycles. The van der Waals surface area contributed by atoms with Gasteiger partial charge in [0.1, 0.15) is 6.33 Å². The number of carbonyl (C=O) groups is 1. The number of carbonyl (C=O) groups excluding carboxylic acids is 1. The second-order valence-corrected chi connectivity index (χ2v) is 6.70. The number of nitrogens with zero attached hydrogens (tertiary/aromatic N) is 5. The number of hydrogen-bond donors (Lipinski definition) is 0. The van der Waals surface area contributed by atoms with Gasteiger partial charge in [0.25, 0.3) is 0 Å². The Morgan fingerprint density at radius 1 is 1.23 bits per heavy atom. The lowest BCUT2D eigenvalue weighted by atomic mass is 9.90. The molecule has 1 atom stereocenters. The van der Waals surface area contributed by atoms with Crippen LogP contribution in [0.3, 0.4) is 0 Å². The Hall–Kier alpha value is -2.34. The molecule has 0 aromatic carbocycles. The number of hydrogen-bond acceptors (Lipinski definition) is 5. The highest BCUT2D eigenvalue weighted by molar-refractivity contribution is 5.78. The van der Waals surface area contributed by atoms with Gasteiger partial charge in [-0.25, -0.2) is 9.97 Å². The van der Waals surface area contributed by atoms with Gasteiger partial charge in [0.05, 0.1) is 12.2 Å². The van der Waals surface area contributed by atoms with Crippen LogP contribution in [0.1, 0.15) is 38.3 Å². The van der Waals surface area contributed by atoms with E-state index in [-0.39, 0.29) is 5.91 Å². The number of pyridine rings is 1. The topological polar surface area (TPSA) is 62.2 Å². The first-order valence-corrected chi connectivity index (χ1v) is 9.43. The molecule has 3 heterocycles. The van der Waals surface area contributed by atoms with Gasteiger partial charge in [0.2, 0.25) is 5.91 Å². The van der Waals surface area contributed by atoms with Gasteiger partial charge in [-0.15, -0.1) is 0 Å². The zero-order chi connectivity index (χ0) is 18.4. The molecule has 2 aromatic rings. The summed E-state index contributed by atoms with van der Waals surface area (Å²) in [4.78, 5) is 29.6. The van der Waals surface area contributed by atoms with Crippen molar-refractivity contribution in [3.8, 4) is 11.1 Å². The number of amides is 1. The van der Waals surface area contributed by atoms with Gasteiger partial charge in [0, 0.05) is 49.7 Å². The molecule has 1 saturated heterocycles. The van der Waals surface area contributed by atoms with Crippen molar-refractivity contribution >= 4 is 5.91 Å². The van der Waals surface area contributed by atoms with Crippen LogP contribution in [0.2, 0.25) is 0 Å². The second kappa shape index (κ2) is 8.85. The Bertz CT molecular complexity index is 717. The van der Waals surface area contributed by atoms with Crippen LogP contribution < -0.4 is 0 Å². The Morgan fingerprint density at radius 2 is 2.00 bits per heavy atom. The molecule has 0 bridgehead atoms. The number of likely N-dealkylation sites (tertiary alicyclic amines) is 1. The van der Waals surface area contributed by atoms with Crippen molar-refractivity contribution in [1.29, 1.82) is 0 Å². The van der Waals surface area contributed by atoms with Crippen molar-refractivity contribution in [1.82, 2.24) is 24.8 Å². The van der Waals surface area contributed by atoms with Crippen molar-refractivity contribution in [2.24, 2.45) is 0 Å². The normalized spacial score (nSPS) is 17.8. The molecule has 1 fully saturated rings. The Morgan fingerprint density at radius 3 is 2.73 bits per heavy atom. The highest BCUT2D eigenvalue weighted by Crippen LogP contribution is 2.32. The third-order valence-electron chi connectivity index (χ3n) is 5.10. The third-order valence-corrected chi connectivity index (χ3v) is 5.10. The molecule has 3 rings (SSSR count). The summed E-state index contributed by atoms with van der Waals surface area (Å²) in [6.07, 6.45) is 9.27. The lowest BCUT2D eigenvalue weighted by Crippen LogP contribution is -2.43. The second-order valence-electron chi connectivity index (χ2n) is 6.70. The molecule has 0 radical (unpaired) electrons. The van der Waals surface area contributed by atoms with Crippen LogP contribution in [0.25, 0.3) is 11.1 Å². The predicted octanol–water partition coefficient (Wildman–Crippen LogP) is 2.59. The highest BCUT2D eigenvalue weighted by atomic mass is 16.2. The van der Waals surface area contributed by atoms with Crippen molar-refractivity contribution in [2.75, 3.05) is 32.7 Å². The van der Waals surface area contributed by atoms with E-state index in [1.54, 1.807) is 18.7 Å². The van der Waals surface area contributed by atoms with Gasteiger partial charge >= 0.3 is 0 Å². The summed E-state index contributed by atoms with van der Waals surface area (Å²) in [5.41, 5.74) is 3.23. The van der Waals surface area contributed by atoms with Crippen LogP contribution in [0.5, 0.6) is 0 Å². The van der Waals surface area contributed by atoms with E-state index in [4.69, 9.17) is 0 Å². The average molecular weight is 353 g/mol. The fraction of sp³-hybridized carbons (Fsp3) is 0.500. The fourth-order valence-electron chi connectivity index (χ4n) is 3.71. The van der Waals surface area contributed by atoms with Gasteiger partial charge in [-0.3, -0.25) is 14.7 Å². The van der Waals surface area contributed by atoms with Crippen molar-refractivity contribution in [2.45, 2.75) is 32.6 Å². The summed E-state index contributed by atoms with van der Waals surface area (Å²) in [6, 6.07) is 3.99. The van der Waals surface area contributed by atoms with Crippen LogP contribution in [0.15, 0.2) is 37.1 Å². The van der Waals surface area contributed by atoms with Crippen LogP contribution in [0, 0.1) is 0 Å². The SMILES string of the molecule is CCN(CC)C(=O)CN1CCCC(c2ncncc2-c2ccncc2)C1. The quantitative estimate of drug-likeness (QED) is 0.799. The van der Waals surface area contributed by atoms with E-state index < -0.39 is 0 Å². The highest BCUT2D eigenvalue weighted by Gasteiger charge is 2.26. The monoisotopic (exact) mass is 353 g/mol. The zero-order valence-electron chi connectivity index (χ0n) is 15.6. The fourth-order valence-corrected chi connectivity index (χ4v) is 3.71. The van der Waals surface area contributed by atoms with Gasteiger partial charge < -0.3 is 4.90 Å². The molecule has 138 valence electrons. The molecule has 6 heteroatoms. The lowest BCUT2D eigenvalue weighted by molar-refractivity contribution is -0.132. The van der Waals surface area contributed by atoms with E-state index >= 15 is 0 Å². The molecule has 1 amide bonds. The van der Waals surface area contributed by atoms with Crippen molar-refractivity contribution in [3.05, 3.63) is 42.7 Å². The third kappa shape index (κ3) is 4.25. The summed E-state index contributed by atoms with van der Waals surface area (Å²) in [6.45, 7) is 7.93. The molecule has 1 aliphatic rings. The van der Waals surface area contributed by atoms with E-state index in [1.807, 2.05) is 37.1 Å². The number of rotatable bonds is 6. The standard InChI is InChI=1S/C20H27N5O/c1-3-25(4-2)19(26)14-24-11-5-6-17(13-24)20-18(12-22-15-23-20)16-7-9-21-10-8-16/h7-10,12,15,17H,3-6,11,13-14H2,1-2H3. The first kappa shape index (κ1) is 18.5. The molecule has 1 aliphatic heterocycles. The minimum absolute atomic E-state index is 0.215. The van der Waals surface area contributed by atoms with E-state index in [2.05, 4.69) is 19.9 Å². The lowest BCUT2D eigenvalue weighted by Gasteiger charge is -2.33. The zero-order valence-corrected chi connectivity index (χ0v) is 15.6. The average Bonchev–Trinajstić information content (AvgIpc) is 2.70. The number of likely N-dealkylation sites (N-methyl/N-ethyl adjacent to an activating group) is 1. The molecule has 0 N–H and O–H groups in total. The van der Waals surface area contributed by atoms with Gasteiger partial charge in [-0.2, -0.15) is 0 Å². The molecule has 0 spiro atoms. The molecule has 0 saturated carbocycles. The van der Waals surface area contributed by atoms with Crippen molar-refractivity contribution < 1.29 is 4.79 Å². The number of aromatic nitrogens is 3. The Balaban J connectivity index is 1.75. The van der Waals surface area contributed by atoms with Crippen molar-refractivity contribution in [3.63, 3.8) is 0 Å². The van der Waals surface area contributed by atoms with E-state index in [9.17, 15) is 4.79 Å². The first-order chi connectivity index (χ1) is 12.7. The van der Waals surface area contributed by atoms with E-state index in [0.29, 0.717) is 12.5 Å². The summed E-state index contributed by atoms with van der Waals surface area (Å²) >= 11 is 0. The smallest absolute Gasteiger partial charge is 0.236 e. The molecule has 2 aromatic heterocycles. The number of piperidine rings is 1. The largest absolute Gasteiger partial charge is 0.342 e. The molecule has 1 unspecified atom stereocenters. The Kier molecular flexibility index (Phi) is 6.28. The van der Waals surface area contributed by atoms with Gasteiger partial charge in [0.15, 0.2) is 0 Å². The van der Waals surface area contributed by atoms with Crippen LogP contribution in [0.4, 0.5) is 0 Å². The predicted molar refractivity (Wildman–Crippen MR) is 102 cm³/mol. The summed E-state index contributed by atoms with van der Waals surface area (Å²) < 4.78 is 0. The molecule has 6 nitrogen and oxygen atoms in total. The van der Waals surface area contributed by atoms with Crippen LogP contribution in [-0.2, 0) is 4.79 Å². The molecular weight excluding hydrogens is 326 g/mol. The Labute approximate surface area is 155 Å². The maximum Gasteiger partial charge on any atom is 0.236 e. The first-order valence-electron chi connectivity index (χ1n) is 9.43. The summed E-state index contributed by atoms with van der Waals surface area (Å²) in [5, 5.41) is 0.